The largest absolute Gasteiger partial charge is 0.381 e. The number of benzene rings is 1. The van der Waals surface area contributed by atoms with Crippen LogP contribution in [0.3, 0.4) is 0 Å². The van der Waals surface area contributed by atoms with Crippen LogP contribution in [0.2, 0.25) is 0 Å². The zero-order valence-corrected chi connectivity index (χ0v) is 12.3. The average Bonchev–Trinajstić information content (AvgIpc) is 3.17. The number of aromatic nitrogens is 2. The van der Waals surface area contributed by atoms with Gasteiger partial charge in [-0.05, 0) is 24.8 Å². The van der Waals surface area contributed by atoms with E-state index in [0.29, 0.717) is 5.92 Å². The SMILES string of the molecule is CSc1ccccc1-n1cncc1C(N)C1CCOC1. The van der Waals surface area contributed by atoms with E-state index < -0.39 is 0 Å². The molecule has 2 unspecified atom stereocenters. The average molecular weight is 289 g/mol. The van der Waals surface area contributed by atoms with Crippen molar-refractivity contribution >= 4 is 11.8 Å². The second kappa shape index (κ2) is 5.99. The summed E-state index contributed by atoms with van der Waals surface area (Å²) in [5.41, 5.74) is 8.62. The Balaban J connectivity index is 1.97. The molecule has 0 spiro atoms. The monoisotopic (exact) mass is 289 g/mol. The summed E-state index contributed by atoms with van der Waals surface area (Å²) in [5, 5.41) is 0. The van der Waals surface area contributed by atoms with Crippen LogP contribution in [-0.4, -0.2) is 29.0 Å². The summed E-state index contributed by atoms with van der Waals surface area (Å²) in [6.07, 6.45) is 6.83. The molecule has 2 heterocycles. The lowest BCUT2D eigenvalue weighted by atomic mass is 9.97. The number of para-hydroxylation sites is 1. The van der Waals surface area contributed by atoms with Gasteiger partial charge in [-0.15, -0.1) is 11.8 Å². The topological polar surface area (TPSA) is 53.1 Å². The van der Waals surface area contributed by atoms with Crippen molar-refractivity contribution in [2.45, 2.75) is 17.4 Å². The van der Waals surface area contributed by atoms with Crippen molar-refractivity contribution in [3.8, 4) is 5.69 Å². The van der Waals surface area contributed by atoms with Gasteiger partial charge in [-0.25, -0.2) is 4.98 Å². The van der Waals surface area contributed by atoms with E-state index in [1.807, 2.05) is 18.6 Å². The lowest BCUT2D eigenvalue weighted by Gasteiger charge is -2.20. The van der Waals surface area contributed by atoms with Gasteiger partial charge in [0, 0.05) is 17.4 Å². The van der Waals surface area contributed by atoms with E-state index in [2.05, 4.69) is 34.0 Å². The fraction of sp³-hybridized carbons (Fsp3) is 0.400. The highest BCUT2D eigenvalue weighted by atomic mass is 32.2. The molecular formula is C15H19N3OS. The van der Waals surface area contributed by atoms with Crippen LogP contribution in [0.25, 0.3) is 5.69 Å². The van der Waals surface area contributed by atoms with Crippen LogP contribution < -0.4 is 5.73 Å². The van der Waals surface area contributed by atoms with Crippen molar-refractivity contribution < 1.29 is 4.74 Å². The number of ether oxygens (including phenoxy) is 1. The predicted octanol–water partition coefficient (Wildman–Crippen LogP) is 2.63. The number of nitrogens with zero attached hydrogens (tertiary/aromatic N) is 2. The zero-order valence-electron chi connectivity index (χ0n) is 11.5. The van der Waals surface area contributed by atoms with Gasteiger partial charge in [-0.3, -0.25) is 0 Å². The molecule has 0 saturated carbocycles. The minimum atomic E-state index is -0.0325. The van der Waals surface area contributed by atoms with E-state index in [4.69, 9.17) is 10.5 Å². The minimum Gasteiger partial charge on any atom is -0.381 e. The Hall–Kier alpha value is -1.30. The van der Waals surface area contributed by atoms with Gasteiger partial charge in [0.15, 0.2) is 0 Å². The first-order chi connectivity index (χ1) is 9.81. The van der Waals surface area contributed by atoms with Crippen LogP contribution in [0.5, 0.6) is 0 Å². The highest BCUT2D eigenvalue weighted by Crippen LogP contribution is 2.30. The molecule has 0 amide bonds. The normalized spacial score (nSPS) is 20.2. The first-order valence-corrected chi connectivity index (χ1v) is 8.02. The summed E-state index contributed by atoms with van der Waals surface area (Å²) in [5.74, 6) is 0.381. The molecule has 1 aromatic heterocycles. The minimum absolute atomic E-state index is 0.0325. The number of rotatable bonds is 4. The Morgan fingerprint density at radius 3 is 3.05 bits per heavy atom. The molecule has 0 bridgehead atoms. The van der Waals surface area contributed by atoms with Crippen molar-refractivity contribution in [1.82, 2.24) is 9.55 Å². The molecule has 5 heteroatoms. The van der Waals surface area contributed by atoms with Crippen molar-refractivity contribution in [3.63, 3.8) is 0 Å². The van der Waals surface area contributed by atoms with Gasteiger partial charge in [-0.2, -0.15) is 0 Å². The summed E-state index contributed by atoms with van der Waals surface area (Å²) in [6, 6.07) is 8.29. The third kappa shape index (κ3) is 2.49. The van der Waals surface area contributed by atoms with Crippen molar-refractivity contribution in [1.29, 1.82) is 0 Å². The molecule has 1 aliphatic heterocycles. The van der Waals surface area contributed by atoms with Gasteiger partial charge in [0.25, 0.3) is 0 Å². The smallest absolute Gasteiger partial charge is 0.0995 e. The molecule has 0 radical (unpaired) electrons. The van der Waals surface area contributed by atoms with Crippen LogP contribution >= 0.6 is 11.8 Å². The molecule has 4 nitrogen and oxygen atoms in total. The highest BCUT2D eigenvalue weighted by molar-refractivity contribution is 7.98. The van der Waals surface area contributed by atoms with Gasteiger partial charge < -0.3 is 15.0 Å². The number of nitrogens with two attached hydrogens (primary N) is 1. The summed E-state index contributed by atoms with van der Waals surface area (Å²) >= 11 is 1.73. The van der Waals surface area contributed by atoms with Crippen LogP contribution in [0, 0.1) is 5.92 Å². The molecule has 1 aliphatic rings. The Bertz CT molecular complexity index is 578. The zero-order chi connectivity index (χ0) is 13.9. The lowest BCUT2D eigenvalue weighted by molar-refractivity contribution is 0.180. The van der Waals surface area contributed by atoms with Crippen molar-refractivity contribution in [2.75, 3.05) is 19.5 Å². The lowest BCUT2D eigenvalue weighted by Crippen LogP contribution is -2.24. The van der Waals surface area contributed by atoms with E-state index in [0.717, 1.165) is 31.0 Å². The highest BCUT2D eigenvalue weighted by Gasteiger charge is 2.26. The number of imidazole rings is 1. The first kappa shape index (κ1) is 13.7. The van der Waals surface area contributed by atoms with E-state index in [-0.39, 0.29) is 6.04 Å². The standard InChI is InChI=1S/C15H19N3OS/c1-20-14-5-3-2-4-12(14)18-10-17-8-13(18)15(16)11-6-7-19-9-11/h2-5,8,10-11,15H,6-7,9,16H2,1H3. The maximum absolute atomic E-state index is 6.43. The fourth-order valence-corrected chi connectivity index (χ4v) is 3.25. The predicted molar refractivity (Wildman–Crippen MR) is 81.2 cm³/mol. The quantitative estimate of drug-likeness (QED) is 0.879. The number of hydrogen-bond acceptors (Lipinski definition) is 4. The molecule has 1 saturated heterocycles. The molecular weight excluding hydrogens is 270 g/mol. The second-order valence-electron chi connectivity index (χ2n) is 5.01. The van der Waals surface area contributed by atoms with E-state index in [9.17, 15) is 0 Å². The maximum Gasteiger partial charge on any atom is 0.0995 e. The van der Waals surface area contributed by atoms with Gasteiger partial charge in [0.1, 0.15) is 0 Å². The second-order valence-corrected chi connectivity index (χ2v) is 5.86. The summed E-state index contributed by atoms with van der Waals surface area (Å²) in [6.45, 7) is 1.56. The molecule has 2 aromatic rings. The van der Waals surface area contributed by atoms with Crippen LogP contribution in [0.1, 0.15) is 18.2 Å². The molecule has 2 N–H and O–H groups in total. The van der Waals surface area contributed by atoms with Crippen LogP contribution in [0.4, 0.5) is 0 Å². The van der Waals surface area contributed by atoms with Crippen molar-refractivity contribution in [3.05, 3.63) is 42.5 Å². The molecule has 0 aliphatic carbocycles. The summed E-state index contributed by atoms with van der Waals surface area (Å²) < 4.78 is 7.56. The number of hydrogen-bond donors (Lipinski definition) is 1. The van der Waals surface area contributed by atoms with Gasteiger partial charge in [-0.1, -0.05) is 12.1 Å². The van der Waals surface area contributed by atoms with Crippen molar-refractivity contribution in [2.24, 2.45) is 11.7 Å². The molecule has 106 valence electrons. The Labute approximate surface area is 123 Å². The van der Waals surface area contributed by atoms with E-state index >= 15 is 0 Å². The molecule has 1 aromatic carbocycles. The van der Waals surface area contributed by atoms with E-state index in [1.54, 1.807) is 11.8 Å². The molecule has 20 heavy (non-hydrogen) atoms. The Morgan fingerprint density at radius 2 is 2.30 bits per heavy atom. The first-order valence-electron chi connectivity index (χ1n) is 6.80. The third-order valence-electron chi connectivity index (χ3n) is 3.83. The van der Waals surface area contributed by atoms with Gasteiger partial charge >= 0.3 is 0 Å². The Morgan fingerprint density at radius 1 is 1.45 bits per heavy atom. The molecule has 1 fully saturated rings. The fourth-order valence-electron chi connectivity index (χ4n) is 2.66. The summed E-state index contributed by atoms with van der Waals surface area (Å²) in [4.78, 5) is 5.52. The van der Waals surface area contributed by atoms with Crippen LogP contribution in [0.15, 0.2) is 41.7 Å². The van der Waals surface area contributed by atoms with Gasteiger partial charge in [0.2, 0.25) is 0 Å². The third-order valence-corrected chi connectivity index (χ3v) is 4.61. The summed E-state index contributed by atoms with van der Waals surface area (Å²) in [7, 11) is 0. The van der Waals surface area contributed by atoms with Crippen LogP contribution in [-0.2, 0) is 4.74 Å². The Kier molecular flexibility index (Phi) is 4.10. The molecule has 3 rings (SSSR count). The molecule has 2 atom stereocenters. The van der Waals surface area contributed by atoms with E-state index in [1.165, 1.54) is 4.90 Å². The number of thioether (sulfide) groups is 1. The maximum atomic E-state index is 6.43. The van der Waals surface area contributed by atoms with Gasteiger partial charge in [0.05, 0.1) is 36.6 Å².